The van der Waals surface area contributed by atoms with Crippen LogP contribution in [0.2, 0.25) is 0 Å². The van der Waals surface area contributed by atoms with E-state index in [1.165, 1.54) is 18.1 Å². The van der Waals surface area contributed by atoms with Gasteiger partial charge in [0.25, 0.3) is 5.75 Å². The molecule has 6 nitrogen and oxygen atoms in total. The van der Waals surface area contributed by atoms with Gasteiger partial charge in [0.1, 0.15) is 17.9 Å². The summed E-state index contributed by atoms with van der Waals surface area (Å²) in [6.07, 6.45) is 11.9. The molecule has 0 aliphatic carbocycles. The van der Waals surface area contributed by atoms with Crippen LogP contribution in [0.1, 0.15) is 60.3 Å². The smallest absolute Gasteiger partial charge is 0.383 e. The van der Waals surface area contributed by atoms with Crippen LogP contribution in [0.5, 0.6) is 17.2 Å². The molecule has 1 aromatic carbocycles. The molecule has 0 aliphatic heterocycles. The van der Waals surface area contributed by atoms with Gasteiger partial charge in [-0.25, -0.2) is 4.79 Å². The Morgan fingerprint density at radius 2 is 1.79 bits per heavy atom. The number of carbonyl (C=O) groups excluding carboxylic acids is 1. The average molecular weight is 455 g/mol. The molecule has 0 fully saturated rings. The predicted octanol–water partition coefficient (Wildman–Crippen LogP) is 6.52. The Kier molecular flexibility index (Phi) is 10.5. The van der Waals surface area contributed by atoms with Gasteiger partial charge in [-0.05, 0) is 64.7 Å². The Bertz CT molecular complexity index is 1080. The Morgan fingerprint density at radius 3 is 2.48 bits per heavy atom. The highest BCUT2D eigenvalue weighted by atomic mass is 16.6. The second-order valence-electron chi connectivity index (χ2n) is 8.00. The van der Waals surface area contributed by atoms with Crippen molar-refractivity contribution in [3.8, 4) is 17.2 Å². The lowest BCUT2D eigenvalue weighted by atomic mass is 10.1. The fraction of sp³-hybridized carbons (Fsp3) is 0.407. The van der Waals surface area contributed by atoms with Crippen molar-refractivity contribution in [3.63, 3.8) is 0 Å². The van der Waals surface area contributed by atoms with Gasteiger partial charge in [-0.3, -0.25) is 4.79 Å². The van der Waals surface area contributed by atoms with Crippen LogP contribution >= 0.6 is 0 Å². The fourth-order valence-corrected chi connectivity index (χ4v) is 3.09. The summed E-state index contributed by atoms with van der Waals surface area (Å²) in [7, 11) is 0. The lowest BCUT2D eigenvalue weighted by Crippen LogP contribution is -2.13. The van der Waals surface area contributed by atoms with Crippen LogP contribution in [0.15, 0.2) is 62.9 Å². The van der Waals surface area contributed by atoms with Gasteiger partial charge in [0.2, 0.25) is 0 Å². The topological polar surface area (TPSA) is 75.0 Å². The highest BCUT2D eigenvalue weighted by Gasteiger charge is 2.20. The van der Waals surface area contributed by atoms with E-state index in [4.69, 9.17) is 18.6 Å². The summed E-state index contributed by atoms with van der Waals surface area (Å²) in [5, 5.41) is 0.527. The molecule has 0 radical (unpaired) electrons. The molecule has 0 atom stereocenters. The largest absolute Gasteiger partial charge is 0.493 e. The van der Waals surface area contributed by atoms with Crippen molar-refractivity contribution < 1.29 is 23.4 Å². The quantitative estimate of drug-likeness (QED) is 0.157. The van der Waals surface area contributed by atoms with Crippen LogP contribution < -0.4 is 19.8 Å². The van der Waals surface area contributed by atoms with Crippen LogP contribution in [-0.4, -0.2) is 19.2 Å². The lowest BCUT2D eigenvalue weighted by molar-refractivity contribution is -0.132. The maximum absolute atomic E-state index is 12.5. The number of carbonyl (C=O) groups is 1. The van der Waals surface area contributed by atoms with Crippen LogP contribution in [0.4, 0.5) is 0 Å². The van der Waals surface area contributed by atoms with Crippen molar-refractivity contribution in [1.82, 2.24) is 0 Å². The van der Waals surface area contributed by atoms with Crippen molar-refractivity contribution in [2.24, 2.45) is 0 Å². The normalized spacial score (nSPS) is 11.6. The van der Waals surface area contributed by atoms with E-state index >= 15 is 0 Å². The van der Waals surface area contributed by atoms with Crippen LogP contribution in [0, 0.1) is 0 Å². The van der Waals surface area contributed by atoms with Crippen molar-refractivity contribution in [2.75, 3.05) is 13.2 Å². The molecule has 2 rings (SSSR count). The van der Waals surface area contributed by atoms with Gasteiger partial charge in [0.15, 0.2) is 5.75 Å². The summed E-state index contributed by atoms with van der Waals surface area (Å²) in [5.41, 5.74) is 1.98. The van der Waals surface area contributed by atoms with Gasteiger partial charge >= 0.3 is 11.6 Å². The Labute approximate surface area is 195 Å². The molecular weight excluding hydrogens is 420 g/mol. The van der Waals surface area contributed by atoms with E-state index in [1.54, 1.807) is 18.2 Å². The van der Waals surface area contributed by atoms with Gasteiger partial charge in [0, 0.05) is 13.0 Å². The molecule has 1 heterocycles. The Hall–Kier alpha value is -3.28. The molecule has 33 heavy (non-hydrogen) atoms. The van der Waals surface area contributed by atoms with Gasteiger partial charge in [-0.2, -0.15) is 0 Å². The number of ether oxygens (including phenoxy) is 3. The fourth-order valence-electron chi connectivity index (χ4n) is 3.09. The summed E-state index contributed by atoms with van der Waals surface area (Å²) in [6, 6.07) is 5.16. The van der Waals surface area contributed by atoms with E-state index < -0.39 is 11.6 Å². The number of rotatable bonds is 12. The number of benzene rings is 1. The van der Waals surface area contributed by atoms with Crippen LogP contribution in [0.25, 0.3) is 11.0 Å². The molecule has 0 N–H and O–H groups in total. The maximum Gasteiger partial charge on any atom is 0.383 e. The predicted molar refractivity (Wildman–Crippen MR) is 131 cm³/mol. The molecule has 0 saturated carbocycles. The number of hydrogen-bond acceptors (Lipinski definition) is 6. The minimum Gasteiger partial charge on any atom is -0.493 e. The molecular formula is C27H34O6. The van der Waals surface area contributed by atoms with Gasteiger partial charge < -0.3 is 18.6 Å². The van der Waals surface area contributed by atoms with Crippen LogP contribution in [0.3, 0.4) is 0 Å². The minimum absolute atomic E-state index is 0.183. The van der Waals surface area contributed by atoms with E-state index in [2.05, 4.69) is 39.0 Å². The zero-order chi connectivity index (χ0) is 24.2. The molecule has 0 spiro atoms. The first-order chi connectivity index (χ1) is 15.8. The molecule has 0 amide bonds. The SMILES string of the molecule is CC/C=C/CCOc1ccc2c(OC/C=C(\C)CCC=C(C)C)c(OC(C)=O)c(=O)oc2c1. The van der Waals surface area contributed by atoms with Crippen molar-refractivity contribution in [2.45, 2.75) is 60.3 Å². The minimum atomic E-state index is -0.778. The van der Waals surface area contributed by atoms with E-state index in [0.717, 1.165) is 25.7 Å². The zero-order valence-electron chi connectivity index (χ0n) is 20.2. The molecule has 0 bridgehead atoms. The molecule has 2 aromatic rings. The van der Waals surface area contributed by atoms with E-state index in [1.807, 2.05) is 13.0 Å². The third-order valence-corrected chi connectivity index (χ3v) is 4.74. The standard InChI is InChI=1S/C27H34O6/c1-6-7-8-9-16-30-22-13-14-23-24(18-22)33-27(29)26(32-21(5)28)25(23)31-17-15-20(4)12-10-11-19(2)3/h7-8,11,13-15,18H,6,9-10,12,16-17H2,1-5H3/b8-7+,20-15+. The van der Waals surface area contributed by atoms with Crippen LogP contribution in [-0.2, 0) is 4.79 Å². The number of fused-ring (bicyclic) bond motifs is 1. The average Bonchev–Trinajstić information content (AvgIpc) is 2.75. The molecule has 0 saturated heterocycles. The molecule has 6 heteroatoms. The second kappa shape index (κ2) is 13.3. The van der Waals surface area contributed by atoms with E-state index in [-0.39, 0.29) is 18.1 Å². The van der Waals surface area contributed by atoms with Crippen molar-refractivity contribution >= 4 is 16.9 Å². The first-order valence-corrected chi connectivity index (χ1v) is 11.3. The summed E-state index contributed by atoms with van der Waals surface area (Å²) in [5.74, 6) is -0.108. The summed E-state index contributed by atoms with van der Waals surface area (Å²) in [6.45, 7) is 10.2. The molecule has 1 aromatic heterocycles. The second-order valence-corrected chi connectivity index (χ2v) is 8.00. The number of hydrogen-bond donors (Lipinski definition) is 0. The van der Waals surface area contributed by atoms with Gasteiger partial charge in [0.05, 0.1) is 12.0 Å². The number of esters is 1. The highest BCUT2D eigenvalue weighted by molar-refractivity contribution is 5.87. The molecule has 0 unspecified atom stereocenters. The summed E-state index contributed by atoms with van der Waals surface area (Å²) < 4.78 is 22.2. The third kappa shape index (κ3) is 8.64. The Morgan fingerprint density at radius 1 is 1.00 bits per heavy atom. The number of allylic oxidation sites excluding steroid dienone is 4. The molecule has 178 valence electrons. The summed E-state index contributed by atoms with van der Waals surface area (Å²) >= 11 is 0. The Balaban J connectivity index is 2.26. The monoisotopic (exact) mass is 454 g/mol. The molecule has 0 aliphatic rings. The first-order valence-electron chi connectivity index (χ1n) is 11.3. The van der Waals surface area contributed by atoms with Crippen molar-refractivity contribution in [3.05, 3.63) is 64.1 Å². The summed E-state index contributed by atoms with van der Waals surface area (Å²) in [4.78, 5) is 24.1. The zero-order valence-corrected chi connectivity index (χ0v) is 20.2. The van der Waals surface area contributed by atoms with E-state index in [9.17, 15) is 9.59 Å². The van der Waals surface area contributed by atoms with Gasteiger partial charge in [-0.1, -0.05) is 36.3 Å². The maximum atomic E-state index is 12.5. The highest BCUT2D eigenvalue weighted by Crippen LogP contribution is 2.35. The third-order valence-electron chi connectivity index (χ3n) is 4.74. The van der Waals surface area contributed by atoms with Gasteiger partial charge in [-0.15, -0.1) is 0 Å². The first kappa shape index (κ1) is 26.0. The van der Waals surface area contributed by atoms with Crippen molar-refractivity contribution in [1.29, 1.82) is 0 Å². The lowest BCUT2D eigenvalue weighted by Gasteiger charge is -2.12. The van der Waals surface area contributed by atoms with E-state index in [0.29, 0.717) is 23.3 Å².